The van der Waals surface area contributed by atoms with Gasteiger partial charge in [-0.05, 0) is 92.7 Å². The number of anilines is 1. The van der Waals surface area contributed by atoms with Crippen molar-refractivity contribution in [2.45, 2.75) is 69.2 Å². The van der Waals surface area contributed by atoms with Gasteiger partial charge in [-0.3, -0.25) is 0 Å². The van der Waals surface area contributed by atoms with Gasteiger partial charge in [0.15, 0.2) is 0 Å². The number of rotatable bonds is 6. The van der Waals surface area contributed by atoms with Gasteiger partial charge in [-0.25, -0.2) is 26.4 Å². The van der Waals surface area contributed by atoms with Crippen molar-refractivity contribution in [1.82, 2.24) is 9.03 Å². The zero-order chi connectivity index (χ0) is 25.5. The Morgan fingerprint density at radius 3 is 2.22 bits per heavy atom. The van der Waals surface area contributed by atoms with Crippen LogP contribution in [0.4, 0.5) is 10.5 Å². The lowest BCUT2D eigenvalue weighted by Crippen LogP contribution is -2.36. The van der Waals surface area contributed by atoms with E-state index < -0.39 is 32.1 Å². The minimum Gasteiger partial charge on any atom is -0.307 e. The molecule has 2 amide bonds. The minimum atomic E-state index is -4.12. The Labute approximate surface area is 212 Å². The Kier molecular flexibility index (Phi) is 6.69. The fourth-order valence-electron chi connectivity index (χ4n) is 5.57. The summed E-state index contributed by atoms with van der Waals surface area (Å²) >= 11 is 0. The normalized spacial score (nSPS) is 20.0. The predicted octanol–water partition coefficient (Wildman–Crippen LogP) is 3.79. The highest BCUT2D eigenvalue weighted by Crippen LogP contribution is 2.38. The van der Waals surface area contributed by atoms with E-state index in [-0.39, 0.29) is 4.90 Å². The molecule has 3 aliphatic rings. The molecule has 0 spiro atoms. The molecule has 1 atom stereocenters. The number of amides is 2. The van der Waals surface area contributed by atoms with E-state index in [0.717, 1.165) is 66.3 Å². The topological polar surface area (TPSA) is 113 Å². The fraction of sp³-hybridized carbons (Fsp3) is 0.423. The van der Waals surface area contributed by atoms with Gasteiger partial charge in [-0.15, -0.1) is 0 Å². The predicted molar refractivity (Wildman–Crippen MR) is 139 cm³/mol. The number of urea groups is 1. The molecule has 1 saturated heterocycles. The lowest BCUT2D eigenvalue weighted by atomic mass is 9.99. The molecule has 1 heterocycles. The Balaban J connectivity index is 1.29. The summed E-state index contributed by atoms with van der Waals surface area (Å²) in [6.45, 7) is 2.19. The highest BCUT2D eigenvalue weighted by molar-refractivity contribution is 7.93. The van der Waals surface area contributed by atoms with Gasteiger partial charge in [0.1, 0.15) is 0 Å². The van der Waals surface area contributed by atoms with Crippen LogP contribution in [0.25, 0.3) is 0 Å². The summed E-state index contributed by atoms with van der Waals surface area (Å²) in [5.41, 5.74) is 6.42. The van der Waals surface area contributed by atoms with Gasteiger partial charge in [-0.1, -0.05) is 29.8 Å². The number of nitrogens with one attached hydrogen (secondary N) is 2. The first-order valence-corrected chi connectivity index (χ1v) is 15.4. The van der Waals surface area contributed by atoms with Gasteiger partial charge < -0.3 is 5.32 Å². The molecule has 5 rings (SSSR count). The molecule has 0 saturated carbocycles. The Morgan fingerprint density at radius 1 is 0.944 bits per heavy atom. The van der Waals surface area contributed by atoms with Crippen LogP contribution >= 0.6 is 0 Å². The van der Waals surface area contributed by atoms with Gasteiger partial charge in [0, 0.05) is 23.7 Å². The summed E-state index contributed by atoms with van der Waals surface area (Å²) in [5.74, 6) is 0. The third-order valence-electron chi connectivity index (χ3n) is 7.30. The van der Waals surface area contributed by atoms with Crippen LogP contribution in [0.3, 0.4) is 0 Å². The molecule has 2 aliphatic carbocycles. The lowest BCUT2D eigenvalue weighted by Gasteiger charge is -2.21. The number of carbonyl (C=O) groups is 1. The maximum Gasteiger partial charge on any atom is 0.333 e. The molecule has 0 unspecified atom stereocenters. The summed E-state index contributed by atoms with van der Waals surface area (Å²) in [5, 5.41) is 3.72. The molecule has 36 heavy (non-hydrogen) atoms. The molecule has 10 heteroatoms. The van der Waals surface area contributed by atoms with Crippen LogP contribution in [0.1, 0.15) is 53.5 Å². The molecule has 0 bridgehead atoms. The Morgan fingerprint density at radius 2 is 1.58 bits per heavy atom. The number of sulfonamides is 2. The van der Waals surface area contributed by atoms with Crippen molar-refractivity contribution >= 4 is 31.8 Å². The van der Waals surface area contributed by atoms with Crippen molar-refractivity contribution in [2.24, 2.45) is 0 Å². The third kappa shape index (κ3) is 4.94. The second-order valence-electron chi connectivity index (χ2n) is 9.80. The zero-order valence-corrected chi connectivity index (χ0v) is 21.9. The maximum atomic E-state index is 13.1. The number of hydrogen-bond acceptors (Lipinski definition) is 5. The van der Waals surface area contributed by atoms with Crippen molar-refractivity contribution in [3.63, 3.8) is 0 Å². The highest BCUT2D eigenvalue weighted by atomic mass is 32.2. The summed E-state index contributed by atoms with van der Waals surface area (Å²) < 4.78 is 55.0. The van der Waals surface area contributed by atoms with E-state index in [2.05, 4.69) is 16.1 Å². The number of fused-ring (bicyclic) bond motifs is 2. The van der Waals surface area contributed by atoms with Crippen molar-refractivity contribution in [3.8, 4) is 0 Å². The maximum absolute atomic E-state index is 13.1. The second kappa shape index (κ2) is 9.64. The van der Waals surface area contributed by atoms with E-state index in [9.17, 15) is 21.6 Å². The summed E-state index contributed by atoms with van der Waals surface area (Å²) in [6, 6.07) is 7.43. The van der Waals surface area contributed by atoms with E-state index in [1.54, 1.807) is 24.3 Å². The van der Waals surface area contributed by atoms with Gasteiger partial charge in [0.2, 0.25) is 10.0 Å². The minimum absolute atomic E-state index is 0.177. The van der Waals surface area contributed by atoms with Crippen LogP contribution in [-0.4, -0.2) is 39.8 Å². The summed E-state index contributed by atoms with van der Waals surface area (Å²) in [6.07, 6.45) is 8.23. The van der Waals surface area contributed by atoms with Gasteiger partial charge in [-0.2, -0.15) is 4.31 Å². The van der Waals surface area contributed by atoms with Crippen molar-refractivity contribution in [2.75, 3.05) is 11.9 Å². The first-order chi connectivity index (χ1) is 17.1. The SMILES string of the molecule is Cc1ccc(S(=O)(=O)N2CCC[C@H]2/C=C/S(=O)(=O)NC(=O)Nc2c3c(cc4c2CCC4)CCC3)cc1. The van der Waals surface area contributed by atoms with Crippen LogP contribution in [0.5, 0.6) is 0 Å². The molecular formula is C26H31N3O5S2. The van der Waals surface area contributed by atoms with E-state index in [0.29, 0.717) is 19.4 Å². The van der Waals surface area contributed by atoms with Gasteiger partial charge in [0.25, 0.3) is 10.0 Å². The second-order valence-corrected chi connectivity index (χ2v) is 13.3. The van der Waals surface area contributed by atoms with Crippen molar-refractivity contribution in [1.29, 1.82) is 0 Å². The number of carbonyl (C=O) groups excluding carboxylic acids is 1. The standard InChI is InChI=1S/C26H31N3O5S2/c1-18-10-12-22(13-11-18)36(33,34)29-15-4-7-21(29)14-16-35(31,32)28-26(30)27-25-23-8-2-5-19(23)17-20-6-3-9-24(20)25/h10-14,16-17,21H,2-9,15H2,1H3,(H2,27,28,30)/b16-14+/t21-/m0/s1. The zero-order valence-electron chi connectivity index (χ0n) is 20.3. The molecule has 8 nitrogen and oxygen atoms in total. The number of benzene rings is 2. The van der Waals surface area contributed by atoms with Crippen LogP contribution < -0.4 is 10.0 Å². The number of hydrogen-bond donors (Lipinski definition) is 2. The van der Waals surface area contributed by atoms with Crippen LogP contribution in [0, 0.1) is 6.92 Å². The molecule has 2 N–H and O–H groups in total. The number of aryl methyl sites for hydroxylation is 3. The molecule has 0 radical (unpaired) electrons. The van der Waals surface area contributed by atoms with Gasteiger partial charge >= 0.3 is 6.03 Å². The average molecular weight is 530 g/mol. The Hall–Kier alpha value is -2.69. The average Bonchev–Trinajstić information content (AvgIpc) is 3.58. The molecule has 192 valence electrons. The first kappa shape index (κ1) is 25.0. The van der Waals surface area contributed by atoms with Crippen molar-refractivity contribution < 1.29 is 21.6 Å². The van der Waals surface area contributed by atoms with Crippen molar-refractivity contribution in [3.05, 3.63) is 69.6 Å². The van der Waals surface area contributed by atoms with E-state index >= 15 is 0 Å². The molecule has 1 aliphatic heterocycles. The largest absolute Gasteiger partial charge is 0.333 e. The van der Waals surface area contributed by atoms with Crippen LogP contribution in [0.2, 0.25) is 0 Å². The van der Waals surface area contributed by atoms with E-state index in [1.165, 1.54) is 21.5 Å². The third-order valence-corrected chi connectivity index (χ3v) is 10.2. The molecule has 0 aromatic heterocycles. The van der Waals surface area contributed by atoms with Crippen LogP contribution in [0.15, 0.2) is 46.7 Å². The smallest absolute Gasteiger partial charge is 0.307 e. The number of nitrogens with zero attached hydrogens (tertiary/aromatic N) is 1. The van der Waals surface area contributed by atoms with Crippen LogP contribution in [-0.2, 0) is 45.7 Å². The molecule has 2 aromatic carbocycles. The first-order valence-electron chi connectivity index (χ1n) is 12.4. The summed E-state index contributed by atoms with van der Waals surface area (Å²) in [4.78, 5) is 12.9. The highest BCUT2D eigenvalue weighted by Gasteiger charge is 2.34. The van der Waals surface area contributed by atoms with Gasteiger partial charge in [0.05, 0.1) is 4.90 Å². The van der Waals surface area contributed by atoms with E-state index in [4.69, 9.17) is 0 Å². The molecule has 1 fully saturated rings. The lowest BCUT2D eigenvalue weighted by molar-refractivity contribution is 0.256. The molecule has 2 aromatic rings. The Bertz CT molecular complexity index is 1400. The molecular weight excluding hydrogens is 498 g/mol. The monoisotopic (exact) mass is 529 g/mol. The fourth-order valence-corrected chi connectivity index (χ4v) is 7.98. The van der Waals surface area contributed by atoms with E-state index in [1.807, 2.05) is 6.92 Å². The quantitative estimate of drug-likeness (QED) is 0.591. The summed E-state index contributed by atoms with van der Waals surface area (Å²) in [7, 11) is -7.88.